The maximum Gasteiger partial charge on any atom is 0.246 e. The lowest BCUT2D eigenvalue weighted by Crippen LogP contribution is -2.56. The highest BCUT2D eigenvalue weighted by Crippen LogP contribution is 2.25. The van der Waals surface area contributed by atoms with Gasteiger partial charge in [0.2, 0.25) is 21.8 Å². The van der Waals surface area contributed by atoms with Crippen molar-refractivity contribution >= 4 is 27.7 Å². The summed E-state index contributed by atoms with van der Waals surface area (Å²) in [5.74, 6) is -0.0662. The molecule has 1 aliphatic heterocycles. The van der Waals surface area contributed by atoms with Crippen LogP contribution in [0.3, 0.4) is 0 Å². The molecule has 1 aromatic rings. The Bertz CT molecular complexity index is 771. The average molecular weight is 369 g/mol. The summed E-state index contributed by atoms with van der Waals surface area (Å²) in [6.07, 6.45) is 5.51. The van der Waals surface area contributed by atoms with Crippen molar-refractivity contribution in [2.45, 2.75) is 37.8 Å². The first-order valence-electron chi connectivity index (χ1n) is 8.33. The highest BCUT2D eigenvalue weighted by molar-refractivity contribution is 7.88. The molecule has 0 aromatic carbocycles. The summed E-state index contributed by atoms with van der Waals surface area (Å²) < 4.78 is 27.1. The second kappa shape index (κ2) is 6.75. The lowest BCUT2D eigenvalue weighted by molar-refractivity contribution is -0.126. The lowest BCUT2D eigenvalue weighted by Gasteiger charge is -2.36. The van der Waals surface area contributed by atoms with Crippen molar-refractivity contribution in [2.24, 2.45) is 7.05 Å². The van der Waals surface area contributed by atoms with Crippen LogP contribution in [0.1, 0.15) is 25.7 Å². The van der Waals surface area contributed by atoms with Gasteiger partial charge >= 0.3 is 0 Å². The normalized spacial score (nSPS) is 21.6. The van der Waals surface area contributed by atoms with Crippen LogP contribution in [0.25, 0.3) is 0 Å². The van der Waals surface area contributed by atoms with Crippen LogP contribution in [0.15, 0.2) is 12.3 Å². The van der Waals surface area contributed by atoms with Gasteiger partial charge in [-0.2, -0.15) is 9.40 Å². The van der Waals surface area contributed by atoms with Crippen LogP contribution < -0.4 is 10.2 Å². The van der Waals surface area contributed by atoms with Crippen LogP contribution in [0.4, 0.5) is 5.82 Å². The van der Waals surface area contributed by atoms with Crippen molar-refractivity contribution in [3.63, 3.8) is 0 Å². The van der Waals surface area contributed by atoms with Crippen LogP contribution in [-0.2, 0) is 26.7 Å². The van der Waals surface area contributed by atoms with Crippen LogP contribution in [0.5, 0.6) is 0 Å². The Labute approximate surface area is 147 Å². The van der Waals surface area contributed by atoms with Crippen LogP contribution in [0.2, 0.25) is 0 Å². The molecule has 1 N–H and O–H groups in total. The van der Waals surface area contributed by atoms with E-state index >= 15 is 0 Å². The molecule has 138 valence electrons. The van der Waals surface area contributed by atoms with Crippen LogP contribution >= 0.6 is 0 Å². The Morgan fingerprint density at radius 3 is 2.68 bits per heavy atom. The van der Waals surface area contributed by atoms with Crippen molar-refractivity contribution < 1.29 is 18.0 Å². The number of nitrogens with zero attached hydrogens (tertiary/aromatic N) is 4. The number of rotatable bonds is 6. The van der Waals surface area contributed by atoms with E-state index in [0.29, 0.717) is 25.2 Å². The van der Waals surface area contributed by atoms with E-state index in [0.717, 1.165) is 23.4 Å². The molecule has 2 fully saturated rings. The first-order valence-corrected chi connectivity index (χ1v) is 10.2. The maximum atomic E-state index is 12.9. The van der Waals surface area contributed by atoms with Gasteiger partial charge in [-0.3, -0.25) is 19.2 Å². The zero-order chi connectivity index (χ0) is 18.2. The van der Waals surface area contributed by atoms with Gasteiger partial charge in [-0.15, -0.1) is 0 Å². The standard InChI is InChI=1S/C15H23N5O4S/c1-18-14(7-8-16-18)19-9-3-4-12(15(19)22)20(25(2,23)24)10-13(21)17-11-5-6-11/h7-8,11-12H,3-6,9-10H2,1-2H3,(H,17,21). The first kappa shape index (κ1) is 17.9. The Hall–Kier alpha value is -1.94. The molecule has 1 atom stereocenters. The van der Waals surface area contributed by atoms with Crippen molar-refractivity contribution in [1.29, 1.82) is 0 Å². The quantitative estimate of drug-likeness (QED) is 0.725. The van der Waals surface area contributed by atoms with Crippen LogP contribution in [0, 0.1) is 0 Å². The van der Waals surface area contributed by atoms with Gasteiger partial charge < -0.3 is 5.32 Å². The lowest BCUT2D eigenvalue weighted by atomic mass is 10.0. The number of piperidine rings is 1. The van der Waals surface area contributed by atoms with E-state index in [-0.39, 0.29) is 24.4 Å². The summed E-state index contributed by atoms with van der Waals surface area (Å²) in [7, 11) is -1.98. The number of aromatic nitrogens is 2. The molecule has 2 amide bonds. The Balaban J connectivity index is 1.80. The molecule has 3 rings (SSSR count). The van der Waals surface area contributed by atoms with Crippen molar-refractivity contribution in [2.75, 3.05) is 24.2 Å². The smallest absolute Gasteiger partial charge is 0.246 e. The van der Waals surface area contributed by atoms with E-state index in [1.807, 2.05) is 0 Å². The largest absolute Gasteiger partial charge is 0.352 e. The van der Waals surface area contributed by atoms with Gasteiger partial charge in [0.1, 0.15) is 11.9 Å². The van der Waals surface area contributed by atoms with E-state index in [9.17, 15) is 18.0 Å². The molecular formula is C15H23N5O4S. The van der Waals surface area contributed by atoms with Crippen molar-refractivity contribution in [3.8, 4) is 0 Å². The first-order chi connectivity index (χ1) is 11.8. The maximum absolute atomic E-state index is 12.9. The number of carbonyl (C=O) groups is 2. The van der Waals surface area contributed by atoms with Gasteiger partial charge in [0.25, 0.3) is 0 Å². The number of nitrogens with one attached hydrogen (secondary N) is 1. The SMILES string of the molecule is Cn1nccc1N1CCCC(N(CC(=O)NC2CC2)S(C)(=O)=O)C1=O. The summed E-state index contributed by atoms with van der Waals surface area (Å²) in [5.41, 5.74) is 0. The molecule has 25 heavy (non-hydrogen) atoms. The Morgan fingerprint density at radius 1 is 1.40 bits per heavy atom. The van der Waals surface area contributed by atoms with Gasteiger partial charge in [0.15, 0.2) is 0 Å². The number of hydrogen-bond acceptors (Lipinski definition) is 5. The fourth-order valence-electron chi connectivity index (χ4n) is 3.08. The molecule has 2 heterocycles. The van der Waals surface area contributed by atoms with E-state index in [1.54, 1.807) is 24.0 Å². The third kappa shape index (κ3) is 4.01. The summed E-state index contributed by atoms with van der Waals surface area (Å²) in [5, 5.41) is 6.83. The Morgan fingerprint density at radius 2 is 2.12 bits per heavy atom. The Kier molecular flexibility index (Phi) is 4.83. The van der Waals surface area contributed by atoms with Gasteiger partial charge in [-0.1, -0.05) is 0 Å². The number of hydrogen-bond donors (Lipinski definition) is 1. The summed E-state index contributed by atoms with van der Waals surface area (Å²) in [6, 6.07) is 0.982. The number of sulfonamides is 1. The second-order valence-corrected chi connectivity index (χ2v) is 8.55. The summed E-state index contributed by atoms with van der Waals surface area (Å²) in [4.78, 5) is 26.6. The highest BCUT2D eigenvalue weighted by atomic mass is 32.2. The number of aryl methyl sites for hydroxylation is 1. The van der Waals surface area contributed by atoms with Gasteiger partial charge in [0.05, 0.1) is 19.0 Å². The minimum Gasteiger partial charge on any atom is -0.352 e. The molecular weight excluding hydrogens is 346 g/mol. The van der Waals surface area contributed by atoms with E-state index in [2.05, 4.69) is 10.4 Å². The molecule has 1 saturated heterocycles. The third-order valence-electron chi connectivity index (χ3n) is 4.50. The molecule has 10 heteroatoms. The summed E-state index contributed by atoms with van der Waals surface area (Å²) in [6.45, 7) is 0.172. The molecule has 0 radical (unpaired) electrons. The van der Waals surface area contributed by atoms with Crippen LogP contribution in [-0.4, -0.2) is 65.7 Å². The predicted octanol–water partition coefficient (Wildman–Crippen LogP) is -0.544. The van der Waals surface area contributed by atoms with Gasteiger partial charge in [-0.25, -0.2) is 8.42 Å². The summed E-state index contributed by atoms with van der Waals surface area (Å²) >= 11 is 0. The third-order valence-corrected chi connectivity index (χ3v) is 5.73. The molecule has 1 unspecified atom stereocenters. The number of carbonyl (C=O) groups excluding carboxylic acids is 2. The zero-order valence-electron chi connectivity index (χ0n) is 14.4. The highest BCUT2D eigenvalue weighted by Gasteiger charge is 2.40. The molecule has 1 aliphatic carbocycles. The fourth-order valence-corrected chi connectivity index (χ4v) is 4.09. The zero-order valence-corrected chi connectivity index (χ0v) is 15.2. The van der Waals surface area contributed by atoms with Crippen molar-refractivity contribution in [1.82, 2.24) is 19.4 Å². The van der Waals surface area contributed by atoms with Crippen molar-refractivity contribution in [3.05, 3.63) is 12.3 Å². The number of amides is 2. The topological polar surface area (TPSA) is 105 Å². The van der Waals surface area contributed by atoms with E-state index in [1.165, 1.54) is 4.90 Å². The van der Waals surface area contributed by atoms with Gasteiger partial charge in [-0.05, 0) is 25.7 Å². The molecule has 1 aromatic heterocycles. The monoisotopic (exact) mass is 369 g/mol. The fraction of sp³-hybridized carbons (Fsp3) is 0.667. The molecule has 0 spiro atoms. The minimum absolute atomic E-state index is 0.141. The minimum atomic E-state index is -3.71. The predicted molar refractivity (Wildman–Crippen MR) is 91.3 cm³/mol. The second-order valence-electron chi connectivity index (χ2n) is 6.61. The van der Waals surface area contributed by atoms with Gasteiger partial charge in [0, 0.05) is 25.7 Å². The average Bonchev–Trinajstić information content (AvgIpc) is 3.23. The number of anilines is 1. The van der Waals surface area contributed by atoms with E-state index < -0.39 is 16.1 Å². The molecule has 1 saturated carbocycles. The molecule has 9 nitrogen and oxygen atoms in total. The molecule has 0 bridgehead atoms. The van der Waals surface area contributed by atoms with E-state index in [4.69, 9.17) is 0 Å². The molecule has 2 aliphatic rings.